The zero-order chi connectivity index (χ0) is 17.5. The number of hydrogen-bond donors (Lipinski definition) is 1. The number of hydrogen-bond acceptors (Lipinski definition) is 5. The molecule has 26 heavy (non-hydrogen) atoms. The first-order chi connectivity index (χ1) is 12.8. The third kappa shape index (κ3) is 2.65. The van der Waals surface area contributed by atoms with Gasteiger partial charge in [0.25, 0.3) is 0 Å². The van der Waals surface area contributed by atoms with E-state index in [0.717, 1.165) is 48.0 Å². The molecule has 0 radical (unpaired) electrons. The normalized spacial score (nSPS) is 21.1. The molecule has 0 aromatic carbocycles. The Morgan fingerprint density at radius 2 is 2.15 bits per heavy atom. The maximum Gasteiger partial charge on any atom is 0.162 e. The minimum atomic E-state index is 0.324. The molecule has 2 aliphatic rings. The van der Waals surface area contributed by atoms with Gasteiger partial charge in [0.2, 0.25) is 0 Å². The van der Waals surface area contributed by atoms with Crippen LogP contribution in [0.15, 0.2) is 30.6 Å². The van der Waals surface area contributed by atoms with Gasteiger partial charge < -0.3 is 14.6 Å². The van der Waals surface area contributed by atoms with Crippen LogP contribution in [0.5, 0.6) is 0 Å². The fourth-order valence-corrected chi connectivity index (χ4v) is 3.86. The SMILES string of the molecule is CC1COCCN1c1cc(C2CCC2)nc(-c2ccnc3[nH]ccc23)n1. The molecule has 0 spiro atoms. The van der Waals surface area contributed by atoms with E-state index in [0.29, 0.717) is 12.0 Å². The van der Waals surface area contributed by atoms with Crippen molar-refractivity contribution >= 4 is 16.9 Å². The molecule has 1 saturated heterocycles. The quantitative estimate of drug-likeness (QED) is 0.784. The third-order valence-electron chi connectivity index (χ3n) is 5.62. The molecule has 1 unspecified atom stereocenters. The average Bonchev–Trinajstić information content (AvgIpc) is 3.09. The van der Waals surface area contributed by atoms with Crippen molar-refractivity contribution in [1.29, 1.82) is 0 Å². The molecule has 1 aliphatic carbocycles. The summed E-state index contributed by atoms with van der Waals surface area (Å²) in [4.78, 5) is 19.9. The Morgan fingerprint density at radius 1 is 1.23 bits per heavy atom. The van der Waals surface area contributed by atoms with Crippen LogP contribution in [0, 0.1) is 0 Å². The highest BCUT2D eigenvalue weighted by Gasteiger charge is 2.26. The van der Waals surface area contributed by atoms with Gasteiger partial charge in [-0.1, -0.05) is 6.42 Å². The van der Waals surface area contributed by atoms with Crippen molar-refractivity contribution in [1.82, 2.24) is 19.9 Å². The molecule has 3 aromatic heterocycles. The highest BCUT2D eigenvalue weighted by atomic mass is 16.5. The molecule has 5 rings (SSSR count). The number of H-pyrrole nitrogens is 1. The zero-order valence-corrected chi connectivity index (χ0v) is 15.0. The summed E-state index contributed by atoms with van der Waals surface area (Å²) in [6.07, 6.45) is 7.49. The van der Waals surface area contributed by atoms with Crippen LogP contribution in [0.25, 0.3) is 22.4 Å². The van der Waals surface area contributed by atoms with Crippen LogP contribution in [-0.4, -0.2) is 45.7 Å². The fraction of sp³-hybridized carbons (Fsp3) is 0.450. The molecule has 0 amide bonds. The molecule has 1 atom stereocenters. The summed E-state index contributed by atoms with van der Waals surface area (Å²) < 4.78 is 5.61. The van der Waals surface area contributed by atoms with Crippen LogP contribution in [0.4, 0.5) is 5.82 Å². The van der Waals surface area contributed by atoms with Crippen molar-refractivity contribution in [3.8, 4) is 11.4 Å². The number of nitrogens with zero attached hydrogens (tertiary/aromatic N) is 4. The first-order valence-corrected chi connectivity index (χ1v) is 9.45. The number of ether oxygens (including phenoxy) is 1. The fourth-order valence-electron chi connectivity index (χ4n) is 3.86. The number of aromatic amines is 1. The van der Waals surface area contributed by atoms with Crippen LogP contribution in [-0.2, 0) is 4.74 Å². The second kappa shape index (κ2) is 6.36. The summed E-state index contributed by atoms with van der Waals surface area (Å²) in [6, 6.07) is 6.59. The Hall–Kier alpha value is -2.47. The lowest BCUT2D eigenvalue weighted by Gasteiger charge is -2.35. The Bertz CT molecular complexity index is 933. The van der Waals surface area contributed by atoms with Crippen molar-refractivity contribution in [2.45, 2.75) is 38.1 Å². The summed E-state index contributed by atoms with van der Waals surface area (Å²) in [5, 5.41) is 1.07. The van der Waals surface area contributed by atoms with Crippen molar-refractivity contribution in [2.24, 2.45) is 0 Å². The lowest BCUT2D eigenvalue weighted by Crippen LogP contribution is -2.44. The number of morpholine rings is 1. The minimum absolute atomic E-state index is 0.324. The van der Waals surface area contributed by atoms with Gasteiger partial charge in [-0.3, -0.25) is 0 Å². The maximum atomic E-state index is 5.61. The van der Waals surface area contributed by atoms with Crippen LogP contribution < -0.4 is 4.90 Å². The largest absolute Gasteiger partial charge is 0.377 e. The van der Waals surface area contributed by atoms with Gasteiger partial charge in [0.15, 0.2) is 5.82 Å². The standard InChI is InChI=1S/C20H23N5O/c1-13-12-26-10-9-25(13)18-11-17(14-3-2-4-14)23-20(24-18)16-6-8-22-19-15(16)5-7-21-19/h5-8,11,13-14H,2-4,9-10,12H2,1H3,(H,21,22). The number of aromatic nitrogens is 4. The number of pyridine rings is 1. The second-order valence-electron chi connectivity index (χ2n) is 7.32. The molecular formula is C20H23N5O. The first kappa shape index (κ1) is 15.8. The van der Waals surface area contributed by atoms with E-state index in [1.807, 2.05) is 24.5 Å². The second-order valence-corrected chi connectivity index (χ2v) is 7.32. The van der Waals surface area contributed by atoms with Gasteiger partial charge in [0.1, 0.15) is 11.5 Å². The molecule has 1 saturated carbocycles. The average molecular weight is 349 g/mol. The molecule has 4 heterocycles. The zero-order valence-electron chi connectivity index (χ0n) is 15.0. The summed E-state index contributed by atoms with van der Waals surface area (Å²) in [5.74, 6) is 2.39. The van der Waals surface area contributed by atoms with Crippen molar-refractivity contribution in [3.05, 3.63) is 36.3 Å². The highest BCUT2D eigenvalue weighted by molar-refractivity contribution is 5.91. The van der Waals surface area contributed by atoms with E-state index in [1.165, 1.54) is 25.0 Å². The predicted octanol–water partition coefficient (Wildman–Crippen LogP) is 3.51. The van der Waals surface area contributed by atoms with E-state index in [-0.39, 0.29) is 0 Å². The predicted molar refractivity (Wildman–Crippen MR) is 101 cm³/mol. The molecule has 0 bridgehead atoms. The minimum Gasteiger partial charge on any atom is -0.377 e. The molecule has 3 aromatic rings. The van der Waals surface area contributed by atoms with Gasteiger partial charge in [0.05, 0.1) is 19.3 Å². The van der Waals surface area contributed by atoms with Crippen LogP contribution in [0.3, 0.4) is 0 Å². The number of nitrogens with one attached hydrogen (secondary N) is 1. The van der Waals surface area contributed by atoms with Crippen molar-refractivity contribution in [2.75, 3.05) is 24.7 Å². The Kier molecular flexibility index (Phi) is 3.85. The van der Waals surface area contributed by atoms with E-state index in [2.05, 4.69) is 27.9 Å². The van der Waals surface area contributed by atoms with Gasteiger partial charge >= 0.3 is 0 Å². The van der Waals surface area contributed by atoms with Gasteiger partial charge in [-0.25, -0.2) is 15.0 Å². The summed E-state index contributed by atoms with van der Waals surface area (Å²) in [5.41, 5.74) is 3.09. The summed E-state index contributed by atoms with van der Waals surface area (Å²) in [6.45, 7) is 4.56. The van der Waals surface area contributed by atoms with Crippen LogP contribution >= 0.6 is 0 Å². The maximum absolute atomic E-state index is 5.61. The topological polar surface area (TPSA) is 66.9 Å². The Labute approximate surface area is 152 Å². The van der Waals surface area contributed by atoms with Crippen LogP contribution in [0.2, 0.25) is 0 Å². The summed E-state index contributed by atoms with van der Waals surface area (Å²) in [7, 11) is 0. The number of fused-ring (bicyclic) bond motifs is 1. The van der Waals surface area contributed by atoms with E-state index in [4.69, 9.17) is 14.7 Å². The van der Waals surface area contributed by atoms with Gasteiger partial charge in [0, 0.05) is 47.6 Å². The first-order valence-electron chi connectivity index (χ1n) is 9.45. The Morgan fingerprint density at radius 3 is 2.96 bits per heavy atom. The number of anilines is 1. The smallest absolute Gasteiger partial charge is 0.162 e. The molecule has 1 aliphatic heterocycles. The molecule has 2 fully saturated rings. The van der Waals surface area contributed by atoms with E-state index in [9.17, 15) is 0 Å². The van der Waals surface area contributed by atoms with Gasteiger partial charge in [-0.15, -0.1) is 0 Å². The summed E-state index contributed by atoms with van der Waals surface area (Å²) >= 11 is 0. The van der Waals surface area contributed by atoms with Gasteiger partial charge in [-0.2, -0.15) is 0 Å². The molecular weight excluding hydrogens is 326 g/mol. The molecule has 6 nitrogen and oxygen atoms in total. The Balaban J connectivity index is 1.64. The number of rotatable bonds is 3. The van der Waals surface area contributed by atoms with Crippen molar-refractivity contribution in [3.63, 3.8) is 0 Å². The van der Waals surface area contributed by atoms with Crippen molar-refractivity contribution < 1.29 is 4.74 Å². The lowest BCUT2D eigenvalue weighted by atomic mass is 9.82. The molecule has 6 heteroatoms. The van der Waals surface area contributed by atoms with E-state index >= 15 is 0 Å². The van der Waals surface area contributed by atoms with Crippen LogP contribution in [0.1, 0.15) is 37.8 Å². The third-order valence-corrected chi connectivity index (χ3v) is 5.62. The highest BCUT2D eigenvalue weighted by Crippen LogP contribution is 2.38. The van der Waals surface area contributed by atoms with E-state index < -0.39 is 0 Å². The monoisotopic (exact) mass is 349 g/mol. The van der Waals surface area contributed by atoms with E-state index in [1.54, 1.807) is 0 Å². The lowest BCUT2D eigenvalue weighted by molar-refractivity contribution is 0.0985. The van der Waals surface area contributed by atoms with Gasteiger partial charge in [-0.05, 0) is 31.9 Å². The molecule has 1 N–H and O–H groups in total. The molecule has 134 valence electrons.